The number of nitrogens with zero attached hydrogens (tertiary/aromatic N) is 3. The Morgan fingerprint density at radius 2 is 2.17 bits per heavy atom. The summed E-state index contributed by atoms with van der Waals surface area (Å²) in [5.74, 6) is 0.582. The topological polar surface area (TPSA) is 101 Å². The molecule has 7 nitrogen and oxygen atoms in total. The number of nitriles is 1. The molecule has 1 aromatic heterocycles. The molecule has 0 bridgehead atoms. The van der Waals surface area contributed by atoms with Gasteiger partial charge in [-0.2, -0.15) is 5.26 Å². The standard InChI is InChI=1S/C17H24N4O3/c1-16(2,3)24-15(22)21-9-13(17(4,5)10-21)23-12-6-11(7-18)8-20-14(12)19/h6,8,13H,9-10H2,1-5H3,(H2,19,20). The van der Waals surface area contributed by atoms with Crippen molar-refractivity contribution in [2.24, 2.45) is 5.41 Å². The average molecular weight is 332 g/mol. The minimum atomic E-state index is -0.546. The van der Waals surface area contributed by atoms with Gasteiger partial charge in [0.15, 0.2) is 11.6 Å². The van der Waals surface area contributed by atoms with Crippen LogP contribution in [0.1, 0.15) is 40.2 Å². The minimum Gasteiger partial charge on any atom is -0.484 e. The predicted octanol–water partition coefficient (Wildman–Crippen LogP) is 2.56. The van der Waals surface area contributed by atoms with Gasteiger partial charge >= 0.3 is 6.09 Å². The summed E-state index contributed by atoms with van der Waals surface area (Å²) in [5.41, 5.74) is 5.38. The zero-order valence-corrected chi connectivity index (χ0v) is 14.8. The predicted molar refractivity (Wildman–Crippen MR) is 89.4 cm³/mol. The lowest BCUT2D eigenvalue weighted by Crippen LogP contribution is -2.36. The summed E-state index contributed by atoms with van der Waals surface area (Å²) in [6, 6.07) is 3.57. The van der Waals surface area contributed by atoms with Crippen molar-refractivity contribution in [1.29, 1.82) is 5.26 Å². The highest BCUT2D eigenvalue weighted by molar-refractivity contribution is 5.68. The van der Waals surface area contributed by atoms with E-state index < -0.39 is 5.60 Å². The number of hydrogen-bond donors (Lipinski definition) is 1. The Labute approximate surface area is 142 Å². The van der Waals surface area contributed by atoms with Crippen molar-refractivity contribution in [2.75, 3.05) is 18.8 Å². The quantitative estimate of drug-likeness (QED) is 0.893. The molecule has 2 N–H and O–H groups in total. The molecule has 0 aliphatic carbocycles. The maximum Gasteiger partial charge on any atom is 0.410 e. The number of ether oxygens (including phenoxy) is 2. The molecule has 1 fully saturated rings. The number of pyridine rings is 1. The number of carbonyl (C=O) groups is 1. The highest BCUT2D eigenvalue weighted by Crippen LogP contribution is 2.35. The summed E-state index contributed by atoms with van der Waals surface area (Å²) in [4.78, 5) is 17.9. The van der Waals surface area contributed by atoms with Crippen LogP contribution in [-0.4, -0.2) is 40.8 Å². The first-order chi connectivity index (χ1) is 11.0. The van der Waals surface area contributed by atoms with Crippen LogP contribution in [0, 0.1) is 16.7 Å². The SMILES string of the molecule is CC(C)(C)OC(=O)N1CC(Oc2cc(C#N)cnc2N)C(C)(C)C1. The Morgan fingerprint density at radius 3 is 2.75 bits per heavy atom. The van der Waals surface area contributed by atoms with Gasteiger partial charge in [-0.1, -0.05) is 13.8 Å². The van der Waals surface area contributed by atoms with Gasteiger partial charge in [-0.25, -0.2) is 9.78 Å². The van der Waals surface area contributed by atoms with Crippen LogP contribution in [0.25, 0.3) is 0 Å². The number of nitrogen functional groups attached to an aromatic ring is 1. The Bertz CT molecular complexity index is 673. The number of likely N-dealkylation sites (tertiary alicyclic amines) is 1. The fourth-order valence-electron chi connectivity index (χ4n) is 2.53. The van der Waals surface area contributed by atoms with Crippen molar-refractivity contribution < 1.29 is 14.3 Å². The monoisotopic (exact) mass is 332 g/mol. The van der Waals surface area contributed by atoms with Crippen LogP contribution in [0.2, 0.25) is 0 Å². The van der Waals surface area contributed by atoms with Crippen molar-refractivity contribution in [3.63, 3.8) is 0 Å². The molecule has 0 spiro atoms. The van der Waals surface area contributed by atoms with Crippen LogP contribution in [-0.2, 0) is 4.74 Å². The second-order valence-electron chi connectivity index (χ2n) is 7.68. The number of rotatable bonds is 2. The maximum absolute atomic E-state index is 12.3. The van der Waals surface area contributed by atoms with Gasteiger partial charge in [-0.15, -0.1) is 0 Å². The zero-order chi connectivity index (χ0) is 18.1. The van der Waals surface area contributed by atoms with E-state index in [4.69, 9.17) is 20.5 Å². The van der Waals surface area contributed by atoms with Crippen LogP contribution >= 0.6 is 0 Å². The number of anilines is 1. The second-order valence-corrected chi connectivity index (χ2v) is 7.68. The summed E-state index contributed by atoms with van der Waals surface area (Å²) in [7, 11) is 0. The van der Waals surface area contributed by atoms with E-state index in [9.17, 15) is 4.79 Å². The molecule has 130 valence electrons. The Kier molecular flexibility index (Phi) is 4.61. The first-order valence-corrected chi connectivity index (χ1v) is 7.82. The van der Waals surface area contributed by atoms with Crippen molar-refractivity contribution in [3.05, 3.63) is 17.8 Å². The molecule has 1 aliphatic rings. The molecule has 0 saturated carbocycles. The summed E-state index contributed by atoms with van der Waals surface area (Å²) < 4.78 is 11.4. The van der Waals surface area contributed by atoms with E-state index in [1.54, 1.807) is 11.0 Å². The van der Waals surface area contributed by atoms with E-state index in [0.29, 0.717) is 24.4 Å². The lowest BCUT2D eigenvalue weighted by molar-refractivity contribution is 0.0272. The van der Waals surface area contributed by atoms with Crippen molar-refractivity contribution in [3.8, 4) is 11.8 Å². The minimum absolute atomic E-state index is 0.223. The van der Waals surface area contributed by atoms with E-state index in [-0.39, 0.29) is 23.4 Å². The molecule has 7 heteroatoms. The Hall–Kier alpha value is -2.49. The van der Waals surface area contributed by atoms with E-state index in [2.05, 4.69) is 4.98 Å². The summed E-state index contributed by atoms with van der Waals surface area (Å²) >= 11 is 0. The molecule has 2 heterocycles. The molecule has 1 aromatic rings. The summed E-state index contributed by atoms with van der Waals surface area (Å²) in [6.45, 7) is 10.4. The fraction of sp³-hybridized carbons (Fsp3) is 0.588. The normalized spacial score (nSPS) is 19.7. The second kappa shape index (κ2) is 6.19. The van der Waals surface area contributed by atoms with Crippen molar-refractivity contribution in [1.82, 2.24) is 9.88 Å². The molecular weight excluding hydrogens is 308 g/mol. The molecule has 1 saturated heterocycles. The van der Waals surface area contributed by atoms with Gasteiger partial charge in [0.05, 0.1) is 12.1 Å². The highest BCUT2D eigenvalue weighted by Gasteiger charge is 2.44. The number of aromatic nitrogens is 1. The van der Waals surface area contributed by atoms with Crippen LogP contribution in [0.15, 0.2) is 12.3 Å². The van der Waals surface area contributed by atoms with Gasteiger partial charge in [0.1, 0.15) is 17.8 Å². The average Bonchev–Trinajstić information content (AvgIpc) is 2.75. The number of hydrogen-bond acceptors (Lipinski definition) is 6. The fourth-order valence-corrected chi connectivity index (χ4v) is 2.53. The molecule has 1 amide bonds. The molecule has 0 aromatic carbocycles. The van der Waals surface area contributed by atoms with E-state index in [1.807, 2.05) is 40.7 Å². The van der Waals surface area contributed by atoms with E-state index in [0.717, 1.165) is 0 Å². The third kappa shape index (κ3) is 4.07. The van der Waals surface area contributed by atoms with Crippen molar-refractivity contribution in [2.45, 2.75) is 46.3 Å². The van der Waals surface area contributed by atoms with Gasteiger partial charge in [0.25, 0.3) is 0 Å². The first-order valence-electron chi connectivity index (χ1n) is 7.82. The van der Waals surface area contributed by atoms with Crippen LogP contribution in [0.3, 0.4) is 0 Å². The number of amides is 1. The lowest BCUT2D eigenvalue weighted by Gasteiger charge is -2.26. The van der Waals surface area contributed by atoms with Gasteiger partial charge < -0.3 is 20.1 Å². The summed E-state index contributed by atoms with van der Waals surface area (Å²) in [6.07, 6.45) is 0.760. The van der Waals surface area contributed by atoms with Crippen LogP contribution in [0.5, 0.6) is 5.75 Å². The molecule has 1 aliphatic heterocycles. The maximum atomic E-state index is 12.3. The zero-order valence-electron chi connectivity index (χ0n) is 14.8. The first kappa shape index (κ1) is 17.9. The number of carbonyl (C=O) groups excluding carboxylic acids is 1. The summed E-state index contributed by atoms with van der Waals surface area (Å²) in [5, 5.41) is 8.98. The molecular formula is C17H24N4O3. The molecule has 2 rings (SSSR count). The highest BCUT2D eigenvalue weighted by atomic mass is 16.6. The van der Waals surface area contributed by atoms with E-state index >= 15 is 0 Å². The number of nitrogens with two attached hydrogens (primary N) is 1. The molecule has 24 heavy (non-hydrogen) atoms. The third-order valence-electron chi connectivity index (χ3n) is 3.79. The molecule has 1 unspecified atom stereocenters. The molecule has 1 atom stereocenters. The Morgan fingerprint density at radius 1 is 1.50 bits per heavy atom. The van der Waals surface area contributed by atoms with Gasteiger partial charge in [0, 0.05) is 24.2 Å². The van der Waals surface area contributed by atoms with Crippen LogP contribution in [0.4, 0.5) is 10.6 Å². The largest absolute Gasteiger partial charge is 0.484 e. The van der Waals surface area contributed by atoms with Gasteiger partial charge in [-0.3, -0.25) is 0 Å². The van der Waals surface area contributed by atoms with E-state index in [1.165, 1.54) is 6.20 Å². The van der Waals surface area contributed by atoms with Crippen molar-refractivity contribution >= 4 is 11.9 Å². The molecule has 0 radical (unpaired) electrons. The van der Waals surface area contributed by atoms with Gasteiger partial charge in [-0.05, 0) is 20.8 Å². The third-order valence-corrected chi connectivity index (χ3v) is 3.79. The Balaban J connectivity index is 2.14. The van der Waals surface area contributed by atoms with Gasteiger partial charge in [0.2, 0.25) is 0 Å². The smallest absolute Gasteiger partial charge is 0.410 e. The van der Waals surface area contributed by atoms with Crippen LogP contribution < -0.4 is 10.5 Å². The lowest BCUT2D eigenvalue weighted by atomic mass is 9.90.